The number of phenolic OH excluding ortho intramolecular Hbond substituents is 1. The van der Waals surface area contributed by atoms with Crippen molar-refractivity contribution >= 4 is 23.9 Å². The first-order chi connectivity index (χ1) is 15.7. The van der Waals surface area contributed by atoms with Gasteiger partial charge in [-0.25, -0.2) is 4.79 Å². The number of hydrogen-bond acceptors (Lipinski definition) is 7. The van der Waals surface area contributed by atoms with Gasteiger partial charge in [0, 0.05) is 6.04 Å². The largest absolute Gasteiger partial charge is 0.508 e. The van der Waals surface area contributed by atoms with Gasteiger partial charge >= 0.3 is 12.1 Å². The lowest BCUT2D eigenvalue weighted by Gasteiger charge is -2.31. The summed E-state index contributed by atoms with van der Waals surface area (Å²) in [6, 6.07) is 4.06. The molecular weight excluding hydrogens is 442 g/mol. The van der Waals surface area contributed by atoms with Crippen molar-refractivity contribution in [1.29, 1.82) is 0 Å². The highest BCUT2D eigenvalue weighted by molar-refractivity contribution is 5.94. The summed E-state index contributed by atoms with van der Waals surface area (Å²) in [5.41, 5.74) is -0.0518. The van der Waals surface area contributed by atoms with Gasteiger partial charge in [0.1, 0.15) is 30.0 Å². The molecule has 0 heterocycles. The highest BCUT2D eigenvalue weighted by Gasteiger charge is 2.37. The van der Waals surface area contributed by atoms with Crippen LogP contribution >= 0.6 is 0 Å². The summed E-state index contributed by atoms with van der Waals surface area (Å²) in [5.74, 6) is -2.59. The topological polar surface area (TPSA) is 134 Å². The van der Waals surface area contributed by atoms with E-state index in [9.17, 15) is 24.3 Å². The summed E-state index contributed by atoms with van der Waals surface area (Å²) in [6.45, 7) is 9.62. The summed E-state index contributed by atoms with van der Waals surface area (Å²) in [7, 11) is 1.17. The van der Waals surface area contributed by atoms with Crippen LogP contribution in [0.15, 0.2) is 18.2 Å². The molecule has 3 amide bonds. The SMILES string of the molecule is C#CN(C(=O)C(NC(=O)OC(C)(C)C)C(C)C)C(C(=O)NCC(=O)OC)c1ccc(O)c(C)c1. The summed E-state index contributed by atoms with van der Waals surface area (Å²) in [5, 5.41) is 14.8. The number of nitrogens with zero attached hydrogens (tertiary/aromatic N) is 1. The molecule has 0 saturated heterocycles. The molecule has 0 spiro atoms. The van der Waals surface area contributed by atoms with Crippen LogP contribution in [0.5, 0.6) is 5.75 Å². The van der Waals surface area contributed by atoms with Crippen LogP contribution in [0, 0.1) is 25.3 Å². The molecule has 0 bridgehead atoms. The first kappa shape index (κ1) is 28.3. The number of benzene rings is 1. The number of carbonyl (C=O) groups excluding carboxylic acids is 4. The number of rotatable bonds is 8. The second kappa shape index (κ2) is 11.9. The van der Waals surface area contributed by atoms with Crippen molar-refractivity contribution in [3.05, 3.63) is 29.3 Å². The second-order valence-electron chi connectivity index (χ2n) is 8.95. The number of carbonyl (C=O) groups is 4. The van der Waals surface area contributed by atoms with E-state index in [0.717, 1.165) is 4.90 Å². The molecule has 1 rings (SSSR count). The van der Waals surface area contributed by atoms with Crippen LogP contribution in [0.3, 0.4) is 0 Å². The molecule has 0 aliphatic rings. The number of hydrogen-bond donors (Lipinski definition) is 3. The van der Waals surface area contributed by atoms with E-state index in [1.54, 1.807) is 41.5 Å². The van der Waals surface area contributed by atoms with Crippen molar-refractivity contribution in [1.82, 2.24) is 15.5 Å². The first-order valence-electron chi connectivity index (χ1n) is 10.6. The van der Waals surface area contributed by atoms with E-state index in [-0.39, 0.29) is 5.75 Å². The first-order valence-corrected chi connectivity index (χ1v) is 10.6. The molecule has 10 nitrogen and oxygen atoms in total. The van der Waals surface area contributed by atoms with Crippen molar-refractivity contribution in [3.8, 4) is 18.2 Å². The number of esters is 1. The van der Waals surface area contributed by atoms with Crippen molar-refractivity contribution in [2.45, 2.75) is 59.2 Å². The predicted octanol–water partition coefficient (Wildman–Crippen LogP) is 2.00. The third-order valence-electron chi connectivity index (χ3n) is 4.66. The average molecular weight is 476 g/mol. The number of ether oxygens (including phenoxy) is 2. The molecule has 2 unspecified atom stereocenters. The number of terminal acetylenes is 1. The van der Waals surface area contributed by atoms with Crippen molar-refractivity contribution in [2.75, 3.05) is 13.7 Å². The van der Waals surface area contributed by atoms with Crippen LogP contribution in [0.2, 0.25) is 0 Å². The second-order valence-corrected chi connectivity index (χ2v) is 8.95. The lowest BCUT2D eigenvalue weighted by Crippen LogP contribution is -2.53. The lowest BCUT2D eigenvalue weighted by molar-refractivity contribution is -0.143. The lowest BCUT2D eigenvalue weighted by atomic mass is 9.98. The van der Waals surface area contributed by atoms with Gasteiger partial charge in [0.25, 0.3) is 5.91 Å². The summed E-state index contributed by atoms with van der Waals surface area (Å²) < 4.78 is 9.79. The number of phenols is 1. The van der Waals surface area contributed by atoms with E-state index in [0.29, 0.717) is 11.1 Å². The normalized spacial score (nSPS) is 12.7. The Morgan fingerprint density at radius 3 is 2.29 bits per heavy atom. The maximum atomic E-state index is 13.5. The Morgan fingerprint density at radius 2 is 1.82 bits per heavy atom. The van der Waals surface area contributed by atoms with Gasteiger partial charge in [-0.3, -0.25) is 19.3 Å². The third-order valence-corrected chi connectivity index (χ3v) is 4.66. The zero-order valence-electron chi connectivity index (χ0n) is 20.6. The zero-order chi connectivity index (χ0) is 26.2. The third kappa shape index (κ3) is 7.99. The van der Waals surface area contributed by atoms with Gasteiger partial charge in [-0.1, -0.05) is 26.3 Å². The van der Waals surface area contributed by atoms with Gasteiger partial charge in [0.05, 0.1) is 7.11 Å². The summed E-state index contributed by atoms with van der Waals surface area (Å²) in [4.78, 5) is 51.3. The van der Waals surface area contributed by atoms with E-state index in [1.165, 1.54) is 25.3 Å². The van der Waals surface area contributed by atoms with Crippen LogP contribution < -0.4 is 10.6 Å². The highest BCUT2D eigenvalue weighted by Crippen LogP contribution is 2.27. The fourth-order valence-corrected chi connectivity index (χ4v) is 2.96. The maximum absolute atomic E-state index is 13.5. The van der Waals surface area contributed by atoms with Crippen molar-refractivity contribution in [2.24, 2.45) is 5.92 Å². The van der Waals surface area contributed by atoms with Gasteiger partial charge in [-0.15, -0.1) is 0 Å². The molecule has 0 aromatic heterocycles. The number of methoxy groups -OCH3 is 1. The van der Waals surface area contributed by atoms with Crippen molar-refractivity contribution in [3.63, 3.8) is 0 Å². The van der Waals surface area contributed by atoms with Gasteiger partial charge in [-0.2, -0.15) is 0 Å². The average Bonchev–Trinajstić information content (AvgIpc) is 2.73. The molecule has 0 aliphatic heterocycles. The fourth-order valence-electron chi connectivity index (χ4n) is 2.96. The monoisotopic (exact) mass is 475 g/mol. The minimum Gasteiger partial charge on any atom is -0.508 e. The smallest absolute Gasteiger partial charge is 0.408 e. The number of alkyl carbamates (subject to hydrolysis) is 1. The molecule has 1 aromatic rings. The standard InChI is InChI=1S/C24H33N3O7/c1-9-27(22(31)19(14(2)3)26-23(32)34-24(5,6)7)20(21(30)25-13-18(29)33-8)16-10-11-17(28)15(4)12-16/h1,10-12,14,19-20,28H,13H2,2-8H3,(H,25,30)(H,26,32). The summed E-state index contributed by atoms with van der Waals surface area (Å²) in [6.07, 6.45) is 4.84. The molecule has 0 radical (unpaired) electrons. The molecule has 34 heavy (non-hydrogen) atoms. The van der Waals surface area contributed by atoms with E-state index in [4.69, 9.17) is 11.2 Å². The van der Waals surface area contributed by atoms with E-state index < -0.39 is 54.0 Å². The minimum absolute atomic E-state index is 0.0114. The van der Waals surface area contributed by atoms with E-state index in [2.05, 4.69) is 21.4 Å². The Labute approximate surface area is 200 Å². The molecular formula is C24H33N3O7. The highest BCUT2D eigenvalue weighted by atomic mass is 16.6. The quantitative estimate of drug-likeness (QED) is 0.297. The Hall–Kier alpha value is -3.74. The van der Waals surface area contributed by atoms with Gasteiger partial charge < -0.3 is 25.2 Å². The number of aryl methyl sites for hydroxylation is 1. The van der Waals surface area contributed by atoms with Crippen LogP contribution in [0.1, 0.15) is 51.8 Å². The van der Waals surface area contributed by atoms with Gasteiger partial charge in [0.15, 0.2) is 0 Å². The van der Waals surface area contributed by atoms with Gasteiger partial charge in [-0.05, 0) is 56.9 Å². The molecule has 0 fully saturated rings. The molecule has 3 N–H and O–H groups in total. The predicted molar refractivity (Wildman–Crippen MR) is 124 cm³/mol. The molecule has 186 valence electrons. The maximum Gasteiger partial charge on any atom is 0.408 e. The molecule has 2 atom stereocenters. The molecule has 0 saturated carbocycles. The minimum atomic E-state index is -1.36. The number of amides is 3. The number of aromatic hydroxyl groups is 1. The van der Waals surface area contributed by atoms with Crippen LogP contribution in [-0.4, -0.2) is 59.2 Å². The molecule has 10 heteroatoms. The zero-order valence-corrected chi connectivity index (χ0v) is 20.6. The molecule has 0 aliphatic carbocycles. The Morgan fingerprint density at radius 1 is 1.21 bits per heavy atom. The van der Waals surface area contributed by atoms with Crippen LogP contribution in [0.25, 0.3) is 0 Å². The number of nitrogens with one attached hydrogen (secondary N) is 2. The molecule has 1 aromatic carbocycles. The fraction of sp³-hybridized carbons (Fsp3) is 0.500. The Kier molecular flexibility index (Phi) is 9.93. The van der Waals surface area contributed by atoms with E-state index in [1.807, 2.05) is 0 Å². The summed E-state index contributed by atoms with van der Waals surface area (Å²) >= 11 is 0. The van der Waals surface area contributed by atoms with E-state index >= 15 is 0 Å². The Bertz CT molecular complexity index is 960. The van der Waals surface area contributed by atoms with Crippen LogP contribution in [0.4, 0.5) is 4.79 Å². The van der Waals surface area contributed by atoms with Crippen molar-refractivity contribution < 1.29 is 33.8 Å². The Balaban J connectivity index is 3.39. The van der Waals surface area contributed by atoms with Gasteiger partial charge in [0.2, 0.25) is 5.91 Å². The van der Waals surface area contributed by atoms with Crippen LogP contribution in [-0.2, 0) is 23.9 Å².